The van der Waals surface area contributed by atoms with Gasteiger partial charge in [-0.25, -0.2) is 4.39 Å². The molecule has 1 heterocycles. The van der Waals surface area contributed by atoms with Crippen LogP contribution in [0.5, 0.6) is 0 Å². The first-order valence-corrected chi connectivity index (χ1v) is 5.94. The molecule has 1 atom stereocenters. The molecule has 0 spiro atoms. The third-order valence-corrected chi connectivity index (χ3v) is 3.07. The summed E-state index contributed by atoms with van der Waals surface area (Å²) in [6.07, 6.45) is 0. The molecule has 1 aliphatic heterocycles. The lowest BCUT2D eigenvalue weighted by Gasteiger charge is -2.29. The zero-order valence-corrected chi connectivity index (χ0v) is 10.9. The van der Waals surface area contributed by atoms with Crippen LogP contribution in [0.15, 0.2) is 35.5 Å². The second kappa shape index (κ2) is 4.86. The summed E-state index contributed by atoms with van der Waals surface area (Å²) in [5.74, 6) is -0.343. The fourth-order valence-electron chi connectivity index (χ4n) is 2.07. The topological polar surface area (TPSA) is 41.1 Å². The van der Waals surface area contributed by atoms with E-state index in [1.807, 2.05) is 0 Å². The van der Waals surface area contributed by atoms with Crippen LogP contribution in [0.4, 0.5) is 4.39 Å². The molecule has 0 saturated heterocycles. The van der Waals surface area contributed by atoms with Crippen LogP contribution in [-0.2, 0) is 4.79 Å². The Morgan fingerprint density at radius 3 is 2.50 bits per heavy atom. The molecule has 94 valence electrons. The Balaban J connectivity index is 2.46. The highest BCUT2D eigenvalue weighted by Crippen LogP contribution is 2.27. The first-order valence-electron chi connectivity index (χ1n) is 5.53. The monoisotopic (exact) mass is 264 g/mol. The Bertz CT molecular complexity index is 536. The number of carbonyl (C=O) groups excluding carboxylic acids is 1. The van der Waals surface area contributed by atoms with Crippen molar-refractivity contribution in [3.05, 3.63) is 46.9 Å². The minimum atomic E-state index is -0.322. The molecule has 0 fully saturated rings. The molecule has 2 N–H and O–H groups in total. The van der Waals surface area contributed by atoms with Gasteiger partial charge in [-0.1, -0.05) is 12.1 Å². The molecule has 0 radical (unpaired) electrons. The predicted octanol–water partition coefficient (Wildman–Crippen LogP) is 2.21. The maximum absolute atomic E-state index is 12.9. The van der Waals surface area contributed by atoms with Crippen LogP contribution in [0.1, 0.15) is 25.5 Å². The van der Waals surface area contributed by atoms with Gasteiger partial charge in [-0.05, 0) is 43.8 Å². The number of nitrogens with one attached hydrogen (secondary N) is 2. The normalized spacial score (nSPS) is 19.3. The van der Waals surface area contributed by atoms with Crippen molar-refractivity contribution in [3.8, 4) is 0 Å². The van der Waals surface area contributed by atoms with Gasteiger partial charge in [0, 0.05) is 11.3 Å². The Morgan fingerprint density at radius 2 is 1.94 bits per heavy atom. The number of rotatable bonds is 2. The van der Waals surface area contributed by atoms with Gasteiger partial charge in [0.1, 0.15) is 5.82 Å². The summed E-state index contributed by atoms with van der Waals surface area (Å²) in [7, 11) is 0. The lowest BCUT2D eigenvalue weighted by Crippen LogP contribution is -2.44. The van der Waals surface area contributed by atoms with Crippen LogP contribution in [0.25, 0.3) is 0 Å². The van der Waals surface area contributed by atoms with Crippen LogP contribution in [0.3, 0.4) is 0 Å². The smallest absolute Gasteiger partial charge is 0.171 e. The second-order valence-electron chi connectivity index (χ2n) is 4.18. The van der Waals surface area contributed by atoms with Crippen molar-refractivity contribution in [2.24, 2.45) is 0 Å². The fraction of sp³-hybridized carbons (Fsp3) is 0.231. The molecule has 5 heteroatoms. The fourth-order valence-corrected chi connectivity index (χ4v) is 2.34. The highest BCUT2D eigenvalue weighted by Gasteiger charge is 2.27. The lowest BCUT2D eigenvalue weighted by atomic mass is 9.93. The highest BCUT2D eigenvalue weighted by atomic mass is 32.1. The quantitative estimate of drug-likeness (QED) is 0.804. The predicted molar refractivity (Wildman–Crippen MR) is 71.4 cm³/mol. The van der Waals surface area contributed by atoms with Crippen molar-refractivity contribution < 1.29 is 9.18 Å². The number of hydrogen-bond donors (Lipinski definition) is 2. The number of allylic oxidation sites excluding steroid dienone is 1. The van der Waals surface area contributed by atoms with Gasteiger partial charge < -0.3 is 10.6 Å². The molecule has 0 bridgehead atoms. The van der Waals surface area contributed by atoms with E-state index in [9.17, 15) is 9.18 Å². The van der Waals surface area contributed by atoms with E-state index in [4.69, 9.17) is 12.2 Å². The van der Waals surface area contributed by atoms with Crippen LogP contribution in [0, 0.1) is 5.82 Å². The van der Waals surface area contributed by atoms with Crippen LogP contribution < -0.4 is 10.6 Å². The molecule has 0 amide bonds. The zero-order valence-electron chi connectivity index (χ0n) is 10.1. The van der Waals surface area contributed by atoms with Crippen molar-refractivity contribution in [1.29, 1.82) is 0 Å². The zero-order chi connectivity index (χ0) is 13.3. The molecule has 0 aromatic heterocycles. The third-order valence-electron chi connectivity index (χ3n) is 2.85. The molecule has 0 saturated carbocycles. The number of ketones is 1. The minimum absolute atomic E-state index is 0.0377. The van der Waals surface area contributed by atoms with Gasteiger partial charge in [0.2, 0.25) is 0 Å². The number of benzene rings is 1. The summed E-state index contributed by atoms with van der Waals surface area (Å²) in [4.78, 5) is 11.7. The first-order chi connectivity index (χ1) is 8.49. The van der Waals surface area contributed by atoms with Gasteiger partial charge in [-0.3, -0.25) is 4.79 Å². The summed E-state index contributed by atoms with van der Waals surface area (Å²) in [5.41, 5.74) is 2.17. The molecule has 3 nitrogen and oxygen atoms in total. The average molecular weight is 264 g/mol. The van der Waals surface area contributed by atoms with E-state index in [0.717, 1.165) is 11.3 Å². The van der Waals surface area contributed by atoms with Gasteiger partial charge in [0.25, 0.3) is 0 Å². The van der Waals surface area contributed by atoms with Crippen molar-refractivity contribution in [2.45, 2.75) is 19.9 Å². The van der Waals surface area contributed by atoms with Gasteiger partial charge in [-0.15, -0.1) is 0 Å². The van der Waals surface area contributed by atoms with E-state index in [2.05, 4.69) is 10.6 Å². The Hall–Kier alpha value is -1.75. The van der Waals surface area contributed by atoms with Gasteiger partial charge in [0.05, 0.1) is 6.04 Å². The minimum Gasteiger partial charge on any atom is -0.351 e. The number of Topliss-reactive ketones (excluding diaryl/α,β-unsaturated/α-hetero) is 1. The summed E-state index contributed by atoms with van der Waals surface area (Å²) in [6.45, 7) is 3.31. The maximum atomic E-state index is 12.9. The van der Waals surface area contributed by atoms with Crippen LogP contribution >= 0.6 is 12.2 Å². The first kappa shape index (κ1) is 12.7. The van der Waals surface area contributed by atoms with Gasteiger partial charge in [0.15, 0.2) is 10.9 Å². The number of halogens is 1. The molecule has 1 aliphatic rings. The Kier molecular flexibility index (Phi) is 3.43. The van der Waals surface area contributed by atoms with Crippen molar-refractivity contribution >= 4 is 23.1 Å². The Labute approximate surface area is 110 Å². The lowest BCUT2D eigenvalue weighted by molar-refractivity contribution is -0.114. The van der Waals surface area contributed by atoms with Crippen LogP contribution in [0.2, 0.25) is 0 Å². The summed E-state index contributed by atoms with van der Waals surface area (Å²) >= 11 is 5.08. The van der Waals surface area contributed by atoms with E-state index in [1.165, 1.54) is 19.1 Å². The van der Waals surface area contributed by atoms with Crippen molar-refractivity contribution in [2.75, 3.05) is 0 Å². The van der Waals surface area contributed by atoms with Crippen LogP contribution in [-0.4, -0.2) is 10.9 Å². The number of hydrogen-bond acceptors (Lipinski definition) is 2. The van der Waals surface area contributed by atoms with E-state index in [1.54, 1.807) is 19.1 Å². The number of thiocarbonyl (C=S) groups is 1. The standard InChI is InChI=1S/C13H13FN2OS/c1-7-11(8(2)17)12(16-13(18)15-7)9-3-5-10(14)6-4-9/h3-6,12H,1-2H3,(H2,15,16,18). The largest absolute Gasteiger partial charge is 0.351 e. The average Bonchev–Trinajstić information content (AvgIpc) is 2.28. The molecule has 1 aromatic rings. The van der Waals surface area contributed by atoms with Crippen molar-refractivity contribution in [1.82, 2.24) is 10.6 Å². The molecule has 1 aromatic carbocycles. The summed E-state index contributed by atoms with van der Waals surface area (Å²) < 4.78 is 12.9. The molecular formula is C13H13FN2OS. The molecule has 0 aliphatic carbocycles. The molecule has 2 rings (SSSR count). The molecular weight excluding hydrogens is 251 g/mol. The van der Waals surface area contributed by atoms with Crippen molar-refractivity contribution in [3.63, 3.8) is 0 Å². The second-order valence-corrected chi connectivity index (χ2v) is 4.59. The molecule has 18 heavy (non-hydrogen) atoms. The van der Waals surface area contributed by atoms with E-state index < -0.39 is 0 Å². The number of carbonyl (C=O) groups is 1. The van der Waals surface area contributed by atoms with E-state index in [0.29, 0.717) is 10.7 Å². The molecule has 1 unspecified atom stereocenters. The Morgan fingerprint density at radius 1 is 1.33 bits per heavy atom. The SMILES string of the molecule is CC(=O)C1=C(C)NC(=S)NC1c1ccc(F)cc1. The summed E-state index contributed by atoms with van der Waals surface area (Å²) in [5, 5.41) is 6.42. The third kappa shape index (κ3) is 2.41. The van der Waals surface area contributed by atoms with Gasteiger partial charge in [-0.2, -0.15) is 0 Å². The van der Waals surface area contributed by atoms with E-state index >= 15 is 0 Å². The van der Waals surface area contributed by atoms with Gasteiger partial charge >= 0.3 is 0 Å². The summed E-state index contributed by atoms with van der Waals surface area (Å²) in [6, 6.07) is 5.72. The highest BCUT2D eigenvalue weighted by molar-refractivity contribution is 7.80. The maximum Gasteiger partial charge on any atom is 0.171 e. The van der Waals surface area contributed by atoms with E-state index in [-0.39, 0.29) is 17.6 Å².